The molecule has 1 aromatic rings. The number of primary amides is 1. The SMILES string of the molecule is COc1c(NCCCC(C)C)sc(C(N)=O)c1N. The third-order valence-electron chi connectivity index (χ3n) is 2.57. The molecule has 0 aliphatic heterocycles. The molecule has 5 nitrogen and oxygen atoms in total. The van der Waals surface area contributed by atoms with Gasteiger partial charge in [0.15, 0.2) is 5.75 Å². The number of hydrogen-bond acceptors (Lipinski definition) is 5. The maximum Gasteiger partial charge on any atom is 0.261 e. The molecule has 0 unspecified atom stereocenters. The standard InChI is InChI=1S/C12H21N3O2S/c1-7(2)5-4-6-15-12-9(17-3)8(13)10(18-12)11(14)16/h7,15H,4-6,13H2,1-3H3,(H2,14,16). The molecule has 6 heteroatoms. The van der Waals surface area contributed by atoms with Crippen LogP contribution in [0.25, 0.3) is 0 Å². The Kier molecular flexibility index (Phi) is 5.27. The molecule has 0 aromatic carbocycles. The van der Waals surface area contributed by atoms with E-state index < -0.39 is 5.91 Å². The second-order valence-corrected chi connectivity index (χ2v) is 5.55. The van der Waals surface area contributed by atoms with E-state index in [2.05, 4.69) is 19.2 Å². The van der Waals surface area contributed by atoms with E-state index in [0.29, 0.717) is 22.2 Å². The quantitative estimate of drug-likeness (QED) is 0.664. The first-order valence-corrected chi connectivity index (χ1v) is 6.79. The normalized spacial score (nSPS) is 10.7. The Balaban J connectivity index is 2.70. The molecule has 0 bridgehead atoms. The first kappa shape index (κ1) is 14.6. The van der Waals surface area contributed by atoms with Crippen LogP contribution in [0.3, 0.4) is 0 Å². The van der Waals surface area contributed by atoms with E-state index in [1.54, 1.807) is 0 Å². The van der Waals surface area contributed by atoms with Gasteiger partial charge in [0.1, 0.15) is 15.6 Å². The Morgan fingerprint density at radius 1 is 1.50 bits per heavy atom. The third-order valence-corrected chi connectivity index (χ3v) is 3.73. The minimum atomic E-state index is -0.522. The third kappa shape index (κ3) is 3.53. The van der Waals surface area contributed by atoms with Gasteiger partial charge >= 0.3 is 0 Å². The number of nitrogens with two attached hydrogens (primary N) is 2. The fraction of sp³-hybridized carbons (Fsp3) is 0.583. The number of methoxy groups -OCH3 is 1. The number of carbonyl (C=O) groups excluding carboxylic acids is 1. The van der Waals surface area contributed by atoms with Crippen molar-refractivity contribution in [3.05, 3.63) is 4.88 Å². The fourth-order valence-electron chi connectivity index (χ4n) is 1.64. The van der Waals surface area contributed by atoms with Crippen molar-refractivity contribution in [1.29, 1.82) is 0 Å². The molecule has 0 saturated heterocycles. The summed E-state index contributed by atoms with van der Waals surface area (Å²) >= 11 is 1.24. The number of carbonyl (C=O) groups is 1. The van der Waals surface area contributed by atoms with Crippen LogP contribution in [0.15, 0.2) is 0 Å². The maximum absolute atomic E-state index is 11.2. The number of rotatable bonds is 7. The molecule has 1 amide bonds. The van der Waals surface area contributed by atoms with Crippen LogP contribution in [-0.2, 0) is 0 Å². The smallest absolute Gasteiger partial charge is 0.261 e. The van der Waals surface area contributed by atoms with Gasteiger partial charge < -0.3 is 21.5 Å². The number of hydrogen-bond donors (Lipinski definition) is 3. The summed E-state index contributed by atoms with van der Waals surface area (Å²) in [5, 5.41) is 4.01. The summed E-state index contributed by atoms with van der Waals surface area (Å²) in [6.07, 6.45) is 2.21. The molecule has 0 aliphatic rings. The molecule has 18 heavy (non-hydrogen) atoms. The number of anilines is 2. The Labute approximate surface area is 111 Å². The molecule has 0 aliphatic carbocycles. The highest BCUT2D eigenvalue weighted by molar-refractivity contribution is 7.19. The van der Waals surface area contributed by atoms with E-state index >= 15 is 0 Å². The average molecular weight is 271 g/mol. The number of nitrogen functional groups attached to an aromatic ring is 1. The van der Waals surface area contributed by atoms with Gasteiger partial charge in [-0.3, -0.25) is 4.79 Å². The Bertz CT molecular complexity index is 416. The maximum atomic E-state index is 11.2. The van der Waals surface area contributed by atoms with Crippen LogP contribution in [0.4, 0.5) is 10.7 Å². The van der Waals surface area contributed by atoms with Crippen molar-refractivity contribution < 1.29 is 9.53 Å². The van der Waals surface area contributed by atoms with E-state index in [4.69, 9.17) is 16.2 Å². The van der Waals surface area contributed by atoms with Gasteiger partial charge in [-0.05, 0) is 18.8 Å². The molecule has 0 spiro atoms. The predicted octanol–water partition coefficient (Wildman–Crippen LogP) is 2.29. The minimum absolute atomic E-state index is 0.321. The van der Waals surface area contributed by atoms with Crippen molar-refractivity contribution >= 4 is 27.9 Å². The summed E-state index contributed by atoms with van der Waals surface area (Å²) in [4.78, 5) is 11.5. The van der Waals surface area contributed by atoms with Gasteiger partial charge in [0.05, 0.1) is 7.11 Å². The molecular formula is C12H21N3O2S. The molecule has 0 atom stereocenters. The first-order chi connectivity index (χ1) is 8.47. The highest BCUT2D eigenvalue weighted by Crippen LogP contribution is 2.42. The van der Waals surface area contributed by atoms with Crippen LogP contribution in [0.5, 0.6) is 5.75 Å². The van der Waals surface area contributed by atoms with Crippen LogP contribution in [0.1, 0.15) is 36.4 Å². The molecule has 102 valence electrons. The number of ether oxygens (including phenoxy) is 1. The summed E-state index contributed by atoms with van der Waals surface area (Å²) in [5.74, 6) is 0.674. The molecule has 1 aromatic heterocycles. The lowest BCUT2D eigenvalue weighted by molar-refractivity contribution is 0.100. The predicted molar refractivity (Wildman–Crippen MR) is 76.4 cm³/mol. The van der Waals surface area contributed by atoms with Gasteiger partial charge in [0.2, 0.25) is 0 Å². The molecular weight excluding hydrogens is 250 g/mol. The van der Waals surface area contributed by atoms with Crippen molar-refractivity contribution in [3.8, 4) is 5.75 Å². The van der Waals surface area contributed by atoms with Gasteiger partial charge in [-0.15, -0.1) is 11.3 Å². The lowest BCUT2D eigenvalue weighted by Crippen LogP contribution is -2.10. The van der Waals surface area contributed by atoms with Gasteiger partial charge in [-0.2, -0.15) is 0 Å². The zero-order chi connectivity index (χ0) is 13.7. The number of amides is 1. The number of thiophene rings is 1. The van der Waals surface area contributed by atoms with Crippen LogP contribution in [-0.4, -0.2) is 19.6 Å². The van der Waals surface area contributed by atoms with E-state index in [1.807, 2.05) is 0 Å². The molecule has 1 rings (SSSR count). The highest BCUT2D eigenvalue weighted by Gasteiger charge is 2.19. The van der Waals surface area contributed by atoms with Crippen LogP contribution in [0.2, 0.25) is 0 Å². The van der Waals surface area contributed by atoms with Crippen molar-refractivity contribution in [2.24, 2.45) is 11.7 Å². The van der Waals surface area contributed by atoms with E-state index in [0.717, 1.165) is 24.4 Å². The summed E-state index contributed by atoms with van der Waals surface area (Å²) in [6, 6.07) is 0. The van der Waals surface area contributed by atoms with Crippen LogP contribution >= 0.6 is 11.3 Å². The van der Waals surface area contributed by atoms with E-state index in [1.165, 1.54) is 18.4 Å². The molecule has 0 saturated carbocycles. The highest BCUT2D eigenvalue weighted by atomic mass is 32.1. The Morgan fingerprint density at radius 2 is 2.17 bits per heavy atom. The molecule has 1 heterocycles. The first-order valence-electron chi connectivity index (χ1n) is 5.97. The lowest BCUT2D eigenvalue weighted by Gasteiger charge is -2.08. The largest absolute Gasteiger partial charge is 0.492 e. The summed E-state index contributed by atoms with van der Waals surface area (Å²) in [5.41, 5.74) is 11.4. The topological polar surface area (TPSA) is 90.4 Å². The fourth-order valence-corrected chi connectivity index (χ4v) is 2.61. The van der Waals surface area contributed by atoms with Gasteiger partial charge in [0.25, 0.3) is 5.91 Å². The Morgan fingerprint density at radius 3 is 2.67 bits per heavy atom. The molecule has 0 fully saturated rings. The number of nitrogens with one attached hydrogen (secondary N) is 1. The summed E-state index contributed by atoms with van der Waals surface area (Å²) in [7, 11) is 1.53. The molecule has 0 radical (unpaired) electrons. The van der Waals surface area contributed by atoms with Gasteiger partial charge in [0, 0.05) is 6.54 Å². The van der Waals surface area contributed by atoms with Crippen molar-refractivity contribution in [2.45, 2.75) is 26.7 Å². The van der Waals surface area contributed by atoms with Crippen molar-refractivity contribution in [3.63, 3.8) is 0 Å². The zero-order valence-electron chi connectivity index (χ0n) is 11.1. The second-order valence-electron chi connectivity index (χ2n) is 4.53. The average Bonchev–Trinajstić information content (AvgIpc) is 2.61. The van der Waals surface area contributed by atoms with Crippen LogP contribution < -0.4 is 21.5 Å². The van der Waals surface area contributed by atoms with Crippen molar-refractivity contribution in [1.82, 2.24) is 0 Å². The summed E-state index contributed by atoms with van der Waals surface area (Å²) in [6.45, 7) is 5.20. The van der Waals surface area contributed by atoms with Crippen molar-refractivity contribution in [2.75, 3.05) is 24.7 Å². The van der Waals surface area contributed by atoms with Crippen LogP contribution in [0, 0.1) is 5.92 Å². The monoisotopic (exact) mass is 271 g/mol. The molecule has 5 N–H and O–H groups in total. The van der Waals surface area contributed by atoms with Gasteiger partial charge in [-0.25, -0.2) is 0 Å². The minimum Gasteiger partial charge on any atom is -0.492 e. The Hall–Kier alpha value is -1.43. The second kappa shape index (κ2) is 6.49. The van der Waals surface area contributed by atoms with Gasteiger partial charge in [-0.1, -0.05) is 13.8 Å². The zero-order valence-corrected chi connectivity index (χ0v) is 11.9. The van der Waals surface area contributed by atoms with E-state index in [-0.39, 0.29) is 0 Å². The van der Waals surface area contributed by atoms with E-state index in [9.17, 15) is 4.79 Å². The lowest BCUT2D eigenvalue weighted by atomic mass is 10.1. The summed E-state index contributed by atoms with van der Waals surface area (Å²) < 4.78 is 5.20.